The molecule has 0 saturated heterocycles. The van der Waals surface area contributed by atoms with E-state index in [1.165, 1.54) is 18.1 Å². The predicted octanol–water partition coefficient (Wildman–Crippen LogP) is 3.56. The molecule has 0 fully saturated rings. The molecule has 0 aliphatic heterocycles. The fraction of sp³-hybridized carbons (Fsp3) is 0.391. The van der Waals surface area contributed by atoms with Crippen LogP contribution in [0.1, 0.15) is 43.4 Å². The van der Waals surface area contributed by atoms with Crippen molar-refractivity contribution < 1.29 is 9.59 Å². The van der Waals surface area contributed by atoms with Gasteiger partial charge in [0.15, 0.2) is 5.78 Å². The number of ketones is 1. The molecule has 0 saturated carbocycles. The molecule has 2 aromatic carbocycles. The summed E-state index contributed by atoms with van der Waals surface area (Å²) in [7, 11) is 1.91. The molecule has 144 valence electrons. The molecular weight excluding hydrogens is 336 g/mol. The molecule has 2 aromatic rings. The van der Waals surface area contributed by atoms with Crippen LogP contribution in [0.15, 0.2) is 54.6 Å². The van der Waals surface area contributed by atoms with Crippen molar-refractivity contribution in [3.05, 3.63) is 71.3 Å². The first-order valence-corrected chi connectivity index (χ1v) is 9.46. The molecule has 0 aliphatic rings. The van der Waals surface area contributed by atoms with Crippen molar-refractivity contribution in [3.8, 4) is 0 Å². The molecule has 0 heterocycles. The molecule has 0 aliphatic carbocycles. The largest absolute Gasteiger partial charge is 0.345 e. The van der Waals surface area contributed by atoms with Gasteiger partial charge in [0.05, 0.1) is 12.6 Å². The predicted molar refractivity (Wildman–Crippen MR) is 110 cm³/mol. The SMILES string of the molecule is CC(=O)[C@@H](Cc1ccccc1)NC(=O)CN(C)Cc1ccc(C(C)C)cc1. The van der Waals surface area contributed by atoms with Gasteiger partial charge in [-0.05, 0) is 43.0 Å². The third-order valence-electron chi connectivity index (χ3n) is 4.62. The molecule has 4 nitrogen and oxygen atoms in total. The van der Waals surface area contributed by atoms with Gasteiger partial charge in [0.1, 0.15) is 0 Å². The van der Waals surface area contributed by atoms with Gasteiger partial charge in [-0.2, -0.15) is 0 Å². The van der Waals surface area contributed by atoms with Gasteiger partial charge < -0.3 is 5.32 Å². The highest BCUT2D eigenvalue weighted by molar-refractivity contribution is 5.88. The van der Waals surface area contributed by atoms with Crippen molar-refractivity contribution in [3.63, 3.8) is 0 Å². The van der Waals surface area contributed by atoms with E-state index in [4.69, 9.17) is 0 Å². The molecule has 0 aromatic heterocycles. The van der Waals surface area contributed by atoms with Crippen LogP contribution in [-0.2, 0) is 22.6 Å². The third kappa shape index (κ3) is 6.99. The number of hydrogen-bond acceptors (Lipinski definition) is 3. The number of carbonyl (C=O) groups excluding carboxylic acids is 2. The number of nitrogens with one attached hydrogen (secondary N) is 1. The quantitative estimate of drug-likeness (QED) is 0.738. The molecule has 0 bridgehead atoms. The summed E-state index contributed by atoms with van der Waals surface area (Å²) in [6.45, 7) is 6.81. The Morgan fingerprint density at radius 3 is 2.15 bits per heavy atom. The standard InChI is InChI=1S/C23H30N2O2/c1-17(2)21-12-10-20(11-13-21)15-25(4)16-23(27)24-22(18(3)26)14-19-8-6-5-7-9-19/h5-13,17,22H,14-16H2,1-4H3,(H,24,27)/t22-/m1/s1. The summed E-state index contributed by atoms with van der Waals surface area (Å²) in [4.78, 5) is 26.3. The van der Waals surface area contributed by atoms with Crippen LogP contribution >= 0.6 is 0 Å². The van der Waals surface area contributed by atoms with E-state index in [0.717, 1.165) is 5.56 Å². The normalized spacial score (nSPS) is 12.2. The summed E-state index contributed by atoms with van der Waals surface area (Å²) in [5.41, 5.74) is 3.52. The first-order valence-electron chi connectivity index (χ1n) is 9.46. The van der Waals surface area contributed by atoms with Crippen molar-refractivity contribution in [1.82, 2.24) is 10.2 Å². The Morgan fingerprint density at radius 1 is 0.963 bits per heavy atom. The van der Waals surface area contributed by atoms with Crippen molar-refractivity contribution >= 4 is 11.7 Å². The molecule has 4 heteroatoms. The van der Waals surface area contributed by atoms with Gasteiger partial charge in [0, 0.05) is 6.54 Å². The maximum Gasteiger partial charge on any atom is 0.234 e. The van der Waals surface area contributed by atoms with Crippen LogP contribution in [0, 0.1) is 0 Å². The number of nitrogens with zero attached hydrogens (tertiary/aromatic N) is 1. The van der Waals surface area contributed by atoms with Gasteiger partial charge in [-0.1, -0.05) is 68.4 Å². The maximum atomic E-state index is 12.4. The second-order valence-electron chi connectivity index (χ2n) is 7.49. The van der Waals surface area contributed by atoms with Crippen LogP contribution in [0.25, 0.3) is 0 Å². The first-order chi connectivity index (χ1) is 12.8. The van der Waals surface area contributed by atoms with E-state index in [1.807, 2.05) is 42.3 Å². The lowest BCUT2D eigenvalue weighted by Gasteiger charge is -2.20. The van der Waals surface area contributed by atoms with E-state index >= 15 is 0 Å². The minimum Gasteiger partial charge on any atom is -0.345 e. The van der Waals surface area contributed by atoms with Gasteiger partial charge in [0.2, 0.25) is 5.91 Å². The van der Waals surface area contributed by atoms with Gasteiger partial charge in [0.25, 0.3) is 0 Å². The van der Waals surface area contributed by atoms with Gasteiger partial charge in [-0.25, -0.2) is 0 Å². The van der Waals surface area contributed by atoms with Crippen LogP contribution in [0.4, 0.5) is 0 Å². The lowest BCUT2D eigenvalue weighted by molar-refractivity contribution is -0.127. The number of rotatable bonds is 9. The van der Waals surface area contributed by atoms with Crippen molar-refractivity contribution in [1.29, 1.82) is 0 Å². The topological polar surface area (TPSA) is 49.4 Å². The van der Waals surface area contributed by atoms with Crippen LogP contribution in [0.5, 0.6) is 0 Å². The smallest absolute Gasteiger partial charge is 0.234 e. The molecule has 0 unspecified atom stereocenters. The summed E-state index contributed by atoms with van der Waals surface area (Å²) >= 11 is 0. The van der Waals surface area contributed by atoms with Crippen LogP contribution in [-0.4, -0.2) is 36.2 Å². The summed E-state index contributed by atoms with van der Waals surface area (Å²) in [6, 6.07) is 17.8. The fourth-order valence-electron chi connectivity index (χ4n) is 3.01. The number of amides is 1. The molecular formula is C23H30N2O2. The molecule has 2 rings (SSSR count). The monoisotopic (exact) mass is 366 g/mol. The summed E-state index contributed by atoms with van der Waals surface area (Å²) in [6.07, 6.45) is 0.516. The van der Waals surface area contributed by atoms with Crippen LogP contribution in [0.3, 0.4) is 0 Å². The lowest BCUT2D eigenvalue weighted by atomic mass is 10.0. The molecule has 1 atom stereocenters. The number of Topliss-reactive ketones (excluding diaryl/α,β-unsaturated/α-hetero) is 1. The number of hydrogen-bond donors (Lipinski definition) is 1. The number of benzene rings is 2. The zero-order valence-electron chi connectivity index (χ0n) is 16.7. The van der Waals surface area contributed by atoms with Crippen LogP contribution < -0.4 is 5.32 Å². The molecule has 1 N–H and O–H groups in total. The van der Waals surface area contributed by atoms with Crippen LogP contribution in [0.2, 0.25) is 0 Å². The van der Waals surface area contributed by atoms with E-state index < -0.39 is 6.04 Å². The maximum absolute atomic E-state index is 12.4. The Hall–Kier alpha value is -2.46. The van der Waals surface area contributed by atoms with E-state index in [0.29, 0.717) is 18.9 Å². The molecule has 27 heavy (non-hydrogen) atoms. The highest BCUT2D eigenvalue weighted by atomic mass is 16.2. The average Bonchev–Trinajstić information content (AvgIpc) is 2.62. The Morgan fingerprint density at radius 2 is 1.59 bits per heavy atom. The Labute approximate surface area is 162 Å². The molecule has 0 spiro atoms. The number of carbonyl (C=O) groups is 2. The average molecular weight is 367 g/mol. The van der Waals surface area contributed by atoms with E-state index in [1.54, 1.807) is 0 Å². The Kier molecular flexibility index (Phi) is 7.74. The van der Waals surface area contributed by atoms with Crippen molar-refractivity contribution in [2.45, 2.75) is 45.7 Å². The summed E-state index contributed by atoms with van der Waals surface area (Å²) in [5, 5.41) is 2.88. The third-order valence-corrected chi connectivity index (χ3v) is 4.62. The number of likely N-dealkylation sites (N-methyl/N-ethyl adjacent to an activating group) is 1. The molecule has 1 amide bonds. The summed E-state index contributed by atoms with van der Waals surface area (Å²) in [5.74, 6) is 0.349. The minimum atomic E-state index is -0.487. The van der Waals surface area contributed by atoms with Crippen molar-refractivity contribution in [2.24, 2.45) is 0 Å². The zero-order valence-corrected chi connectivity index (χ0v) is 16.7. The van der Waals surface area contributed by atoms with Gasteiger partial charge in [-0.15, -0.1) is 0 Å². The highest BCUT2D eigenvalue weighted by Gasteiger charge is 2.18. The fourth-order valence-corrected chi connectivity index (χ4v) is 3.01. The van der Waals surface area contributed by atoms with Crippen molar-refractivity contribution in [2.75, 3.05) is 13.6 Å². The van der Waals surface area contributed by atoms with Gasteiger partial charge in [-0.3, -0.25) is 14.5 Å². The molecule has 0 radical (unpaired) electrons. The second kappa shape index (κ2) is 10.0. The van der Waals surface area contributed by atoms with E-state index in [2.05, 4.69) is 43.4 Å². The lowest BCUT2D eigenvalue weighted by Crippen LogP contribution is -2.45. The highest BCUT2D eigenvalue weighted by Crippen LogP contribution is 2.15. The van der Waals surface area contributed by atoms with E-state index in [9.17, 15) is 9.59 Å². The Bertz CT molecular complexity index is 739. The van der Waals surface area contributed by atoms with E-state index in [-0.39, 0.29) is 18.2 Å². The first kappa shape index (κ1) is 20.8. The van der Waals surface area contributed by atoms with Gasteiger partial charge >= 0.3 is 0 Å². The second-order valence-corrected chi connectivity index (χ2v) is 7.49. The summed E-state index contributed by atoms with van der Waals surface area (Å²) < 4.78 is 0. The minimum absolute atomic E-state index is 0.0286. The Balaban J connectivity index is 1.87. The zero-order chi connectivity index (χ0) is 19.8.